The van der Waals surface area contributed by atoms with E-state index < -0.39 is 22.0 Å². The SMILES string of the molecule is CN(C)C(=N)c1ccc(C(=O)N2CCN(S(=O)(=O)c3cc4ccc(Cl)cc4s3)CC2CC(=O)O)cc1. The Bertz CT molecular complexity index is 1440. The molecule has 1 amide bonds. The lowest BCUT2D eigenvalue weighted by Gasteiger charge is -2.40. The zero-order chi connectivity index (χ0) is 26.2. The van der Waals surface area contributed by atoms with Crippen LogP contribution in [0, 0.1) is 5.41 Å². The van der Waals surface area contributed by atoms with E-state index in [0.29, 0.717) is 22.0 Å². The number of piperazine rings is 1. The Morgan fingerprint density at radius 2 is 1.78 bits per heavy atom. The monoisotopic (exact) mass is 548 g/mol. The molecule has 1 aliphatic rings. The predicted molar refractivity (Wildman–Crippen MR) is 140 cm³/mol. The summed E-state index contributed by atoms with van der Waals surface area (Å²) in [5.74, 6) is -1.21. The van der Waals surface area contributed by atoms with Crippen LogP contribution in [0.1, 0.15) is 22.3 Å². The Hall–Kier alpha value is -2.99. The number of hydrogen-bond acceptors (Lipinski definition) is 6. The van der Waals surface area contributed by atoms with Gasteiger partial charge in [-0.2, -0.15) is 4.31 Å². The highest BCUT2D eigenvalue weighted by molar-refractivity contribution is 7.91. The predicted octanol–water partition coefficient (Wildman–Crippen LogP) is 3.43. The van der Waals surface area contributed by atoms with Crippen molar-refractivity contribution in [2.45, 2.75) is 16.7 Å². The van der Waals surface area contributed by atoms with Gasteiger partial charge in [0.15, 0.2) is 0 Å². The summed E-state index contributed by atoms with van der Waals surface area (Å²) in [7, 11) is -0.394. The smallest absolute Gasteiger partial charge is 0.305 e. The molecule has 2 aromatic carbocycles. The van der Waals surface area contributed by atoms with Gasteiger partial charge in [0.1, 0.15) is 10.0 Å². The number of carboxylic acids is 1. The Labute approximate surface area is 218 Å². The van der Waals surface area contributed by atoms with E-state index in [1.54, 1.807) is 67.5 Å². The van der Waals surface area contributed by atoms with Crippen molar-refractivity contribution in [2.75, 3.05) is 33.7 Å². The average molecular weight is 549 g/mol. The maximum Gasteiger partial charge on any atom is 0.305 e. The highest BCUT2D eigenvalue weighted by atomic mass is 35.5. The van der Waals surface area contributed by atoms with Crippen molar-refractivity contribution < 1.29 is 23.1 Å². The second kappa shape index (κ2) is 10.2. The number of fused-ring (bicyclic) bond motifs is 1. The number of rotatable bonds is 6. The van der Waals surface area contributed by atoms with Crippen molar-refractivity contribution in [2.24, 2.45) is 0 Å². The summed E-state index contributed by atoms with van der Waals surface area (Å²) in [6.45, 7) is -0.0245. The van der Waals surface area contributed by atoms with Crippen LogP contribution in [0.3, 0.4) is 0 Å². The van der Waals surface area contributed by atoms with Crippen LogP contribution in [-0.4, -0.2) is 85.1 Å². The number of carboxylic acid groups (broad SMARTS) is 1. The van der Waals surface area contributed by atoms with Crippen LogP contribution in [0.4, 0.5) is 0 Å². The van der Waals surface area contributed by atoms with E-state index in [2.05, 4.69) is 0 Å². The van der Waals surface area contributed by atoms with Crippen LogP contribution >= 0.6 is 22.9 Å². The van der Waals surface area contributed by atoms with Gasteiger partial charge in [-0.25, -0.2) is 8.42 Å². The van der Waals surface area contributed by atoms with Crippen molar-refractivity contribution >= 4 is 60.8 Å². The van der Waals surface area contributed by atoms with Gasteiger partial charge in [0.25, 0.3) is 15.9 Å². The molecule has 12 heteroatoms. The average Bonchev–Trinajstić information content (AvgIpc) is 3.27. The van der Waals surface area contributed by atoms with E-state index in [1.807, 2.05) is 0 Å². The number of amidine groups is 1. The van der Waals surface area contributed by atoms with E-state index >= 15 is 0 Å². The molecule has 1 aromatic heterocycles. The molecule has 0 bridgehead atoms. The lowest BCUT2D eigenvalue weighted by atomic mass is 10.1. The molecule has 4 rings (SSSR count). The Balaban J connectivity index is 1.57. The number of nitrogens with zero attached hydrogens (tertiary/aromatic N) is 3. The van der Waals surface area contributed by atoms with Gasteiger partial charge in [-0.15, -0.1) is 11.3 Å². The summed E-state index contributed by atoms with van der Waals surface area (Å²) < 4.78 is 28.9. The van der Waals surface area contributed by atoms with Crippen LogP contribution in [0.15, 0.2) is 52.7 Å². The summed E-state index contributed by atoms with van der Waals surface area (Å²) >= 11 is 7.14. The molecule has 2 N–H and O–H groups in total. The molecule has 2 heterocycles. The number of benzene rings is 2. The molecular formula is C24H25ClN4O5S2. The first-order valence-corrected chi connectivity index (χ1v) is 13.7. The Kier molecular flexibility index (Phi) is 7.37. The number of hydrogen-bond donors (Lipinski definition) is 2. The maximum absolute atomic E-state index is 13.4. The fourth-order valence-electron chi connectivity index (χ4n) is 4.12. The number of carbonyl (C=O) groups is 2. The standard InChI is InChI=1S/C24H25ClN4O5S2/c1-27(2)23(26)15-3-5-16(6-4-15)24(32)29-10-9-28(14-19(29)13-21(30)31)36(33,34)22-11-17-7-8-18(25)12-20(17)35-22/h3-8,11-12,19,26H,9-10,13-14H2,1-2H3,(H,30,31). The van der Waals surface area contributed by atoms with Gasteiger partial charge < -0.3 is 14.9 Å². The lowest BCUT2D eigenvalue weighted by molar-refractivity contribution is -0.138. The number of aliphatic carboxylic acids is 1. The molecule has 9 nitrogen and oxygen atoms in total. The number of halogens is 1. The largest absolute Gasteiger partial charge is 0.481 e. The summed E-state index contributed by atoms with van der Waals surface area (Å²) in [5.41, 5.74) is 0.984. The quantitative estimate of drug-likeness (QED) is 0.359. The van der Waals surface area contributed by atoms with Crippen molar-refractivity contribution in [1.82, 2.24) is 14.1 Å². The molecule has 1 fully saturated rings. The van der Waals surface area contributed by atoms with Gasteiger partial charge in [0.2, 0.25) is 0 Å². The van der Waals surface area contributed by atoms with Crippen LogP contribution in [0.5, 0.6) is 0 Å². The third-order valence-corrected chi connectivity index (χ3v) is 9.67. The van der Waals surface area contributed by atoms with Gasteiger partial charge in [-0.3, -0.25) is 15.0 Å². The number of amides is 1. The molecule has 1 unspecified atom stereocenters. The Morgan fingerprint density at radius 1 is 1.11 bits per heavy atom. The van der Waals surface area contributed by atoms with Crippen molar-refractivity contribution in [3.05, 3.63) is 64.7 Å². The first-order valence-electron chi connectivity index (χ1n) is 11.1. The van der Waals surface area contributed by atoms with E-state index in [1.165, 1.54) is 9.21 Å². The van der Waals surface area contributed by atoms with Crippen molar-refractivity contribution in [3.8, 4) is 0 Å². The molecule has 36 heavy (non-hydrogen) atoms. The number of sulfonamides is 1. The minimum absolute atomic E-state index is 0.0442. The number of carbonyl (C=O) groups excluding carboxylic acids is 1. The van der Waals surface area contributed by atoms with Gasteiger partial charge in [0.05, 0.1) is 12.5 Å². The molecule has 0 aliphatic carbocycles. The molecule has 3 aromatic rings. The molecule has 0 radical (unpaired) electrons. The van der Waals surface area contributed by atoms with Gasteiger partial charge in [-0.1, -0.05) is 29.8 Å². The minimum atomic E-state index is -3.89. The zero-order valence-corrected chi connectivity index (χ0v) is 22.0. The molecule has 0 spiro atoms. The third kappa shape index (κ3) is 5.24. The first-order chi connectivity index (χ1) is 17.0. The molecule has 1 aliphatic heterocycles. The van der Waals surface area contributed by atoms with Crippen molar-refractivity contribution in [3.63, 3.8) is 0 Å². The van der Waals surface area contributed by atoms with E-state index in [9.17, 15) is 23.1 Å². The minimum Gasteiger partial charge on any atom is -0.481 e. The summed E-state index contributed by atoms with van der Waals surface area (Å²) in [4.78, 5) is 27.9. The van der Waals surface area contributed by atoms with E-state index in [-0.39, 0.29) is 36.2 Å². The number of nitrogens with one attached hydrogen (secondary N) is 1. The van der Waals surface area contributed by atoms with Crippen LogP contribution < -0.4 is 0 Å². The summed E-state index contributed by atoms with van der Waals surface area (Å²) in [6.07, 6.45) is -0.386. The van der Waals surface area contributed by atoms with Gasteiger partial charge >= 0.3 is 5.97 Å². The normalized spacial score (nSPS) is 16.8. The Morgan fingerprint density at radius 3 is 2.42 bits per heavy atom. The highest BCUT2D eigenvalue weighted by Crippen LogP contribution is 2.33. The van der Waals surface area contributed by atoms with Gasteiger partial charge in [-0.05, 0) is 35.7 Å². The fraction of sp³-hybridized carbons (Fsp3) is 0.292. The molecular weight excluding hydrogens is 524 g/mol. The first kappa shape index (κ1) is 26.1. The molecule has 1 atom stereocenters. The molecule has 0 saturated carbocycles. The van der Waals surface area contributed by atoms with E-state index in [4.69, 9.17) is 17.0 Å². The van der Waals surface area contributed by atoms with Crippen LogP contribution in [0.2, 0.25) is 5.02 Å². The molecule has 1 saturated heterocycles. The van der Waals surface area contributed by atoms with Crippen LogP contribution in [-0.2, 0) is 14.8 Å². The second-order valence-electron chi connectivity index (χ2n) is 8.68. The highest BCUT2D eigenvalue weighted by Gasteiger charge is 2.38. The van der Waals surface area contributed by atoms with Crippen molar-refractivity contribution in [1.29, 1.82) is 5.41 Å². The number of thiophene rings is 1. The topological polar surface area (TPSA) is 122 Å². The zero-order valence-electron chi connectivity index (χ0n) is 19.6. The fourth-order valence-corrected chi connectivity index (χ4v) is 7.42. The van der Waals surface area contributed by atoms with Gasteiger partial charge in [0, 0.05) is 54.6 Å². The molecule has 190 valence electrons. The second-order valence-corrected chi connectivity index (χ2v) is 12.4. The summed E-state index contributed by atoms with van der Waals surface area (Å²) in [6, 6.07) is 12.4. The summed E-state index contributed by atoms with van der Waals surface area (Å²) in [5, 5.41) is 18.8. The van der Waals surface area contributed by atoms with Crippen LogP contribution in [0.25, 0.3) is 10.1 Å². The lowest BCUT2D eigenvalue weighted by Crippen LogP contribution is -2.57. The maximum atomic E-state index is 13.4. The third-order valence-electron chi connectivity index (χ3n) is 6.02. The van der Waals surface area contributed by atoms with E-state index in [0.717, 1.165) is 21.4 Å².